The van der Waals surface area contributed by atoms with Gasteiger partial charge in [0.05, 0.1) is 16.9 Å². The second-order valence-corrected chi connectivity index (χ2v) is 16.0. The molecule has 0 saturated heterocycles. The predicted molar refractivity (Wildman–Crippen MR) is 186 cm³/mol. The summed E-state index contributed by atoms with van der Waals surface area (Å²) in [5, 5.41) is 15.6. The third-order valence-corrected chi connectivity index (χ3v) is 10.8. The van der Waals surface area contributed by atoms with Gasteiger partial charge >= 0.3 is 5.97 Å². The average molecular weight is 693 g/mol. The normalized spacial score (nSPS) is 22.6. The molecular formula is C34H50N3O8S2+. The smallest absolute Gasteiger partial charge is 0.303 e. The number of hydrogen-bond donors (Lipinski definition) is 3. The highest BCUT2D eigenvalue weighted by atomic mass is 32.2. The lowest BCUT2D eigenvalue weighted by Crippen LogP contribution is -2.32. The Bertz CT molecular complexity index is 1660. The number of allylic oxidation sites excluding steroid dienone is 6. The molecule has 0 spiro atoms. The molecule has 0 radical (unpaired) electrons. The van der Waals surface area contributed by atoms with Crippen molar-refractivity contribution in [2.45, 2.75) is 90.9 Å². The quantitative estimate of drug-likeness (QED) is 0.0670. The molecule has 3 N–H and O–H groups in total. The van der Waals surface area contributed by atoms with Gasteiger partial charge in [0.15, 0.2) is 5.71 Å². The first kappa shape index (κ1) is 38.3. The Labute approximate surface area is 280 Å². The van der Waals surface area contributed by atoms with Gasteiger partial charge in [0.25, 0.3) is 20.2 Å². The molecule has 1 aromatic rings. The van der Waals surface area contributed by atoms with Crippen LogP contribution >= 0.6 is 0 Å². The number of benzene rings is 1. The Morgan fingerprint density at radius 2 is 1.60 bits per heavy atom. The summed E-state index contributed by atoms with van der Waals surface area (Å²) >= 11 is 0. The molecule has 2 aliphatic heterocycles. The molecule has 2 atom stereocenters. The molecule has 13 heteroatoms. The Morgan fingerprint density at radius 3 is 2.26 bits per heavy atom. The third kappa shape index (κ3) is 10.4. The number of rotatable bonds is 19. The maximum absolute atomic E-state index is 11.6. The van der Waals surface area contributed by atoms with Crippen molar-refractivity contribution in [1.29, 1.82) is 0 Å². The highest BCUT2D eigenvalue weighted by Crippen LogP contribution is 2.44. The van der Waals surface area contributed by atoms with Crippen molar-refractivity contribution in [3.63, 3.8) is 0 Å². The van der Waals surface area contributed by atoms with Gasteiger partial charge in [-0.05, 0) is 65.4 Å². The van der Waals surface area contributed by atoms with Crippen LogP contribution in [0.25, 0.3) is 0 Å². The van der Waals surface area contributed by atoms with E-state index in [9.17, 15) is 30.7 Å². The molecule has 260 valence electrons. The van der Waals surface area contributed by atoms with E-state index < -0.39 is 31.6 Å². The van der Waals surface area contributed by atoms with Crippen molar-refractivity contribution in [2.24, 2.45) is 10.5 Å². The molecule has 2 heterocycles. The van der Waals surface area contributed by atoms with Crippen molar-refractivity contribution in [1.82, 2.24) is 5.01 Å². The van der Waals surface area contributed by atoms with Crippen LogP contribution < -0.4 is 0 Å². The standard InChI is InChI=1S/C34H49N3O8S2/c1-5-21-33(3)27(2)35-37(24-15-26-47(43,44)45)31(33)19-9-6-8-18-30-34(4,22-14-25-46(40,41)42)28-16-11-12-17-29(28)36(30)23-13-7-10-20-32(38)39/h6,8-9,11-12,16-19H,5,7,10,13-15,20-26H2,1-4H3,(H2-,38,39,40,41,42,43,44,45)/p+1. The van der Waals surface area contributed by atoms with Crippen molar-refractivity contribution in [3.05, 3.63) is 65.9 Å². The fourth-order valence-electron chi connectivity index (χ4n) is 6.67. The molecule has 0 amide bonds. The number of aliphatic carboxylic acids is 1. The molecule has 11 nitrogen and oxygen atoms in total. The van der Waals surface area contributed by atoms with E-state index in [-0.39, 0.29) is 36.2 Å². The Kier molecular flexibility index (Phi) is 13.3. The summed E-state index contributed by atoms with van der Waals surface area (Å²) in [5.41, 5.74) is 4.15. The molecule has 2 unspecified atom stereocenters. The van der Waals surface area contributed by atoms with Gasteiger partial charge in [0.2, 0.25) is 5.69 Å². The van der Waals surface area contributed by atoms with E-state index in [4.69, 9.17) is 10.2 Å². The minimum atomic E-state index is -4.11. The summed E-state index contributed by atoms with van der Waals surface area (Å²) in [6.07, 6.45) is 14.9. The van der Waals surface area contributed by atoms with Gasteiger partial charge in [-0.1, -0.05) is 49.8 Å². The van der Waals surface area contributed by atoms with Crippen LogP contribution in [0.15, 0.2) is 65.4 Å². The number of hydrazone groups is 1. The Balaban J connectivity index is 1.93. The maximum Gasteiger partial charge on any atom is 0.303 e. The zero-order valence-electron chi connectivity index (χ0n) is 27.9. The van der Waals surface area contributed by atoms with Crippen LogP contribution in [0.5, 0.6) is 0 Å². The first-order chi connectivity index (χ1) is 22.0. The number of carbonyl (C=O) groups is 1. The molecule has 2 aliphatic rings. The monoisotopic (exact) mass is 692 g/mol. The van der Waals surface area contributed by atoms with Gasteiger partial charge < -0.3 is 5.11 Å². The summed E-state index contributed by atoms with van der Waals surface area (Å²) in [4.78, 5) is 11.0. The fraction of sp³-hybridized carbons (Fsp3) is 0.559. The largest absolute Gasteiger partial charge is 0.481 e. The number of unbranched alkanes of at least 4 members (excludes halogenated alkanes) is 2. The number of carboxylic acid groups (broad SMARTS) is 1. The average Bonchev–Trinajstić information content (AvgIpc) is 3.33. The van der Waals surface area contributed by atoms with Gasteiger partial charge in [0, 0.05) is 53.9 Å². The van der Waals surface area contributed by atoms with Crippen molar-refractivity contribution in [3.8, 4) is 0 Å². The molecule has 0 aliphatic carbocycles. The van der Waals surface area contributed by atoms with Crippen LogP contribution in [0.3, 0.4) is 0 Å². The second kappa shape index (κ2) is 16.3. The van der Waals surface area contributed by atoms with E-state index >= 15 is 0 Å². The topological polar surface area (TPSA) is 165 Å². The Hall–Kier alpha value is -3.13. The molecular weight excluding hydrogens is 643 g/mol. The van der Waals surface area contributed by atoms with E-state index in [2.05, 4.69) is 31.4 Å². The maximum atomic E-state index is 11.6. The van der Waals surface area contributed by atoms with E-state index in [1.54, 1.807) is 0 Å². The SMILES string of the molecule is CCCC1(C)C(C)=NN(CCCS(=O)(=O)O)\C1=C/C=C/C=C/C1=[N+](CCCCCC(=O)O)c2ccccc2C1(C)CCCS(=O)(=O)O. The van der Waals surface area contributed by atoms with Gasteiger partial charge in [-0.25, -0.2) is 0 Å². The first-order valence-electron chi connectivity index (χ1n) is 16.3. The molecule has 0 saturated carbocycles. The van der Waals surface area contributed by atoms with Gasteiger partial charge in [-0.2, -0.15) is 26.5 Å². The van der Waals surface area contributed by atoms with Crippen molar-refractivity contribution < 1.29 is 40.4 Å². The molecule has 0 fully saturated rings. The lowest BCUT2D eigenvalue weighted by atomic mass is 9.76. The van der Waals surface area contributed by atoms with Gasteiger partial charge in [-0.3, -0.25) is 18.9 Å². The van der Waals surface area contributed by atoms with Crippen LogP contribution in [0.4, 0.5) is 5.69 Å². The van der Waals surface area contributed by atoms with Gasteiger partial charge in [0.1, 0.15) is 6.54 Å². The number of para-hydroxylation sites is 1. The van der Waals surface area contributed by atoms with E-state index in [0.717, 1.165) is 54.1 Å². The lowest BCUT2D eigenvalue weighted by Gasteiger charge is -2.28. The molecule has 0 aromatic heterocycles. The predicted octanol–water partition coefficient (Wildman–Crippen LogP) is 6.13. The summed E-state index contributed by atoms with van der Waals surface area (Å²) < 4.78 is 66.5. The molecule has 3 rings (SSSR count). The lowest BCUT2D eigenvalue weighted by molar-refractivity contribution is -0.438. The van der Waals surface area contributed by atoms with Crippen LogP contribution in [0.1, 0.15) is 91.0 Å². The summed E-state index contributed by atoms with van der Waals surface area (Å²) in [5.74, 6) is -1.48. The highest BCUT2D eigenvalue weighted by molar-refractivity contribution is 7.86. The minimum absolute atomic E-state index is 0.126. The number of fused-ring (bicyclic) bond motifs is 1. The first-order valence-corrected chi connectivity index (χ1v) is 19.5. The summed E-state index contributed by atoms with van der Waals surface area (Å²) in [6.45, 7) is 9.32. The third-order valence-electron chi connectivity index (χ3n) is 9.16. The number of carboxylic acids is 1. The summed E-state index contributed by atoms with van der Waals surface area (Å²) in [6, 6.07) is 8.02. The minimum Gasteiger partial charge on any atom is -0.481 e. The van der Waals surface area contributed by atoms with E-state index in [0.29, 0.717) is 25.9 Å². The van der Waals surface area contributed by atoms with Crippen LogP contribution in [0, 0.1) is 5.41 Å². The highest BCUT2D eigenvalue weighted by Gasteiger charge is 2.47. The zero-order valence-corrected chi connectivity index (χ0v) is 29.6. The Morgan fingerprint density at radius 1 is 0.915 bits per heavy atom. The van der Waals surface area contributed by atoms with Crippen molar-refractivity contribution >= 4 is 43.3 Å². The molecule has 1 aromatic carbocycles. The van der Waals surface area contributed by atoms with Crippen LogP contribution in [-0.4, -0.2) is 82.6 Å². The van der Waals surface area contributed by atoms with E-state index in [1.807, 2.05) is 60.5 Å². The van der Waals surface area contributed by atoms with E-state index in [1.165, 1.54) is 0 Å². The zero-order chi connectivity index (χ0) is 34.9. The van der Waals surface area contributed by atoms with Crippen LogP contribution in [0.2, 0.25) is 0 Å². The summed E-state index contributed by atoms with van der Waals surface area (Å²) in [7, 11) is -8.18. The molecule has 47 heavy (non-hydrogen) atoms. The number of hydrogen-bond acceptors (Lipinski definition) is 7. The molecule has 0 bridgehead atoms. The fourth-order valence-corrected chi connectivity index (χ4v) is 7.67. The number of nitrogens with zero attached hydrogens (tertiary/aromatic N) is 3. The van der Waals surface area contributed by atoms with Gasteiger partial charge in [-0.15, -0.1) is 0 Å². The van der Waals surface area contributed by atoms with Crippen LogP contribution in [-0.2, 0) is 30.4 Å². The second-order valence-electron chi connectivity index (χ2n) is 12.8. The van der Waals surface area contributed by atoms with Crippen molar-refractivity contribution in [2.75, 3.05) is 24.6 Å².